The van der Waals surface area contributed by atoms with Crippen LogP contribution in [0.3, 0.4) is 0 Å². The molecule has 28 heavy (non-hydrogen) atoms. The number of carbonyl (C=O) groups is 1. The van der Waals surface area contributed by atoms with E-state index in [1.807, 2.05) is 55.8 Å². The van der Waals surface area contributed by atoms with Gasteiger partial charge in [0.2, 0.25) is 0 Å². The van der Waals surface area contributed by atoms with E-state index < -0.39 is 10.2 Å². The molecule has 0 aliphatic carbocycles. The molecule has 0 unspecified atom stereocenters. The van der Waals surface area contributed by atoms with Crippen LogP contribution in [0.4, 0.5) is 0 Å². The van der Waals surface area contributed by atoms with E-state index >= 15 is 0 Å². The number of aryl methyl sites for hydroxylation is 1. The lowest BCUT2D eigenvalue weighted by Gasteiger charge is -2.11. The number of aromatic nitrogens is 1. The fraction of sp³-hybridized carbons (Fsp3) is 0.333. The maximum atomic E-state index is 11.8. The van der Waals surface area contributed by atoms with Crippen molar-refractivity contribution in [3.63, 3.8) is 0 Å². The van der Waals surface area contributed by atoms with Gasteiger partial charge in [0.15, 0.2) is 0 Å². The molecule has 0 radical (unpaired) electrons. The molecule has 1 heterocycles. The van der Waals surface area contributed by atoms with Crippen molar-refractivity contribution >= 4 is 23.3 Å². The molecule has 1 aromatic heterocycles. The molecule has 1 N–H and O–H groups in total. The molecule has 0 amide bonds. The van der Waals surface area contributed by atoms with Crippen LogP contribution in [-0.4, -0.2) is 34.6 Å². The quantitative estimate of drug-likeness (QED) is 0.496. The highest BCUT2D eigenvalue weighted by molar-refractivity contribution is 6.30. The van der Waals surface area contributed by atoms with Crippen LogP contribution in [0.1, 0.15) is 29.4 Å². The van der Waals surface area contributed by atoms with Crippen LogP contribution in [-0.2, 0) is 23.0 Å². The summed E-state index contributed by atoms with van der Waals surface area (Å²) in [6.07, 6.45) is 0.253. The predicted molar refractivity (Wildman–Crippen MR) is 95.7 cm³/mol. The van der Waals surface area contributed by atoms with Crippen LogP contribution >= 0.6 is 11.6 Å². The summed E-state index contributed by atoms with van der Waals surface area (Å²) in [5.41, 5.74) is 4.84. The van der Waals surface area contributed by atoms with E-state index in [1.54, 1.807) is 7.05 Å². The molecule has 0 saturated heterocycles. The number of benzene rings is 1. The van der Waals surface area contributed by atoms with Crippen LogP contribution in [0, 0.1) is 17.2 Å². The highest BCUT2D eigenvalue weighted by atomic mass is 35.7. The first-order valence-electron chi connectivity index (χ1n) is 8.15. The minimum absolute atomic E-state index is 0.221. The summed E-state index contributed by atoms with van der Waals surface area (Å²) in [6, 6.07) is 9.59. The Morgan fingerprint density at radius 3 is 2.29 bits per heavy atom. The molecule has 0 atom stereocenters. The van der Waals surface area contributed by atoms with Crippen LogP contribution < -0.4 is 14.0 Å². The molecule has 8 nitrogen and oxygen atoms in total. The standard InChI is InChI=1S/C18H21ClN2O2.ClHO4/c1-5-23-16(22)11-15-10-12(2)18(21(15)4)17(20-3)13-6-8-14(19)9-7-13;2-1(3,4)5/h6-10H,5,11H2,1-4H3;(H,2,3,4,5). The first-order chi connectivity index (χ1) is 13.0. The van der Waals surface area contributed by atoms with E-state index in [-0.39, 0.29) is 12.4 Å². The first kappa shape index (κ1) is 24.1. The largest absolute Gasteiger partial charge is 0.466 e. The average molecular weight is 433 g/mol. The van der Waals surface area contributed by atoms with Crippen LogP contribution in [0.25, 0.3) is 0 Å². The number of halogens is 2. The molecule has 0 aliphatic heterocycles. The van der Waals surface area contributed by atoms with Crippen molar-refractivity contribution in [3.05, 3.63) is 57.9 Å². The summed E-state index contributed by atoms with van der Waals surface area (Å²) in [6.45, 7) is 4.22. The van der Waals surface area contributed by atoms with Crippen molar-refractivity contribution in [2.24, 2.45) is 12.0 Å². The summed E-state index contributed by atoms with van der Waals surface area (Å²) in [5, 5.41) is 0.691. The van der Waals surface area contributed by atoms with Gasteiger partial charge in [-0.2, -0.15) is 14.0 Å². The highest BCUT2D eigenvalue weighted by Crippen LogP contribution is 2.21. The Morgan fingerprint density at radius 2 is 1.82 bits per heavy atom. The number of esters is 1. The van der Waals surface area contributed by atoms with Crippen LogP contribution in [0.15, 0.2) is 35.3 Å². The Morgan fingerprint density at radius 1 is 1.29 bits per heavy atom. The molecule has 0 saturated carbocycles. The zero-order valence-corrected chi connectivity index (χ0v) is 17.5. The van der Waals surface area contributed by atoms with Gasteiger partial charge in [-0.1, -0.05) is 23.7 Å². The fourth-order valence-corrected chi connectivity index (χ4v) is 2.80. The molecule has 0 aliphatic rings. The van der Waals surface area contributed by atoms with Gasteiger partial charge in [-0.3, -0.25) is 9.79 Å². The normalized spacial score (nSPS) is 11.7. The molecule has 0 fully saturated rings. The molecule has 1 aromatic carbocycles. The summed E-state index contributed by atoms with van der Waals surface area (Å²) in [5.74, 6) is -0.221. The van der Waals surface area contributed by atoms with Crippen LogP contribution in [0.5, 0.6) is 0 Å². The molecule has 2 rings (SSSR count). The highest BCUT2D eigenvalue weighted by Gasteiger charge is 2.18. The zero-order valence-electron chi connectivity index (χ0n) is 15.9. The second-order valence-corrected chi connectivity index (χ2v) is 6.91. The number of aliphatic imine (C=N–C) groups is 1. The molecule has 0 bridgehead atoms. The van der Waals surface area contributed by atoms with E-state index in [1.165, 1.54) is 0 Å². The van der Waals surface area contributed by atoms with Gasteiger partial charge in [0.1, 0.15) is 0 Å². The summed E-state index contributed by atoms with van der Waals surface area (Å²) < 4.78 is 39.8. The summed E-state index contributed by atoms with van der Waals surface area (Å²) >= 11 is 5.96. The summed E-state index contributed by atoms with van der Waals surface area (Å²) in [7, 11) is -0.987. The molecular weight excluding hydrogens is 411 g/mol. The third kappa shape index (κ3) is 7.59. The molecular formula is C18H22Cl2N2O6. The fourth-order valence-electron chi connectivity index (χ4n) is 2.68. The predicted octanol–water partition coefficient (Wildman–Crippen LogP) is -0.564. The summed E-state index contributed by atoms with van der Waals surface area (Å²) in [4.78, 5) is 16.2. The lowest BCUT2D eigenvalue weighted by molar-refractivity contribution is -1.92. The number of hydrogen-bond donors (Lipinski definition) is 1. The first-order valence-corrected chi connectivity index (χ1v) is 9.79. The van der Waals surface area contributed by atoms with Crippen molar-refractivity contribution in [3.8, 4) is 0 Å². The van der Waals surface area contributed by atoms with Gasteiger partial charge >= 0.3 is 5.97 Å². The maximum Gasteiger partial charge on any atom is 0.311 e. The van der Waals surface area contributed by atoms with E-state index in [4.69, 9.17) is 35.0 Å². The van der Waals surface area contributed by atoms with Gasteiger partial charge in [-0.15, -0.1) is 0 Å². The van der Waals surface area contributed by atoms with Gasteiger partial charge in [0, 0.05) is 30.4 Å². The molecule has 10 heteroatoms. The smallest absolute Gasteiger partial charge is 0.311 e. The lowest BCUT2D eigenvalue weighted by Crippen LogP contribution is -2.58. The molecule has 0 spiro atoms. The van der Waals surface area contributed by atoms with Crippen LogP contribution in [0.2, 0.25) is 5.02 Å². The second-order valence-electron chi connectivity index (χ2n) is 5.68. The average Bonchev–Trinajstić information content (AvgIpc) is 2.83. The number of nitrogens with zero attached hydrogens (tertiary/aromatic N) is 2. The molecule has 154 valence electrons. The van der Waals surface area contributed by atoms with Crippen molar-refractivity contribution in [2.45, 2.75) is 20.3 Å². The Balaban J connectivity index is 0.000000696. The van der Waals surface area contributed by atoms with E-state index in [0.717, 1.165) is 28.2 Å². The zero-order chi connectivity index (χ0) is 21.5. The van der Waals surface area contributed by atoms with Gasteiger partial charge < -0.3 is 9.30 Å². The molecule has 2 aromatic rings. The number of rotatable bonds is 5. The van der Waals surface area contributed by atoms with Gasteiger partial charge in [-0.05, 0) is 37.6 Å². The SMILES string of the molecule is CCOC(=O)Cc1cc(C)c(C(=NC)c2ccc(Cl)cc2)n1C.[O-][Cl+3]([O-])([O-])O. The van der Waals surface area contributed by atoms with E-state index in [9.17, 15) is 4.79 Å². The van der Waals surface area contributed by atoms with Gasteiger partial charge in [-0.25, -0.2) is 0 Å². The van der Waals surface area contributed by atoms with Crippen molar-refractivity contribution in [1.82, 2.24) is 4.57 Å². The Bertz CT molecular complexity index is 820. The van der Waals surface area contributed by atoms with E-state index in [0.29, 0.717) is 11.6 Å². The van der Waals surface area contributed by atoms with Gasteiger partial charge in [0.25, 0.3) is 0 Å². The van der Waals surface area contributed by atoms with E-state index in [2.05, 4.69) is 4.99 Å². The van der Waals surface area contributed by atoms with Crippen molar-refractivity contribution in [1.29, 1.82) is 0 Å². The minimum atomic E-state index is -4.69. The Labute approximate surface area is 170 Å². The van der Waals surface area contributed by atoms with Crippen molar-refractivity contribution < 1.29 is 38.4 Å². The maximum absolute atomic E-state index is 11.8. The third-order valence-corrected chi connectivity index (χ3v) is 3.97. The van der Waals surface area contributed by atoms with Crippen molar-refractivity contribution in [2.75, 3.05) is 13.7 Å². The Kier molecular flexibility index (Phi) is 9.09. The Hall–Kier alpha value is -1.94. The number of ether oxygens (including phenoxy) is 1. The topological polar surface area (TPSA) is 133 Å². The number of hydrogen-bond acceptors (Lipinski definition) is 7. The lowest BCUT2D eigenvalue weighted by atomic mass is 10.0. The second kappa shape index (κ2) is 10.6. The third-order valence-electron chi connectivity index (χ3n) is 3.72. The minimum Gasteiger partial charge on any atom is -0.466 e. The van der Waals surface area contributed by atoms with Gasteiger partial charge in [0.05, 0.1) is 39.3 Å². The monoisotopic (exact) mass is 432 g/mol. The number of carbonyl (C=O) groups excluding carboxylic acids is 1.